The number of imide groups is 1. The fraction of sp³-hybridized carbons (Fsp3) is 0.111. The first kappa shape index (κ1) is 9.38. The number of halogens is 1. The van der Waals surface area contributed by atoms with Crippen LogP contribution >= 0.6 is 0 Å². The van der Waals surface area contributed by atoms with Gasteiger partial charge in [-0.2, -0.15) is 0 Å². The van der Waals surface area contributed by atoms with Gasteiger partial charge in [0.2, 0.25) is 6.41 Å². The predicted octanol–water partition coefficient (Wildman–Crippen LogP) is 1.02. The molecule has 1 aromatic carbocycles. The first-order valence-electron chi connectivity index (χ1n) is 3.66. The molecule has 68 valence electrons. The average molecular weight is 181 g/mol. The number of nitrogens with one attached hydrogen (secondary N) is 1. The van der Waals surface area contributed by atoms with Crippen molar-refractivity contribution in [1.82, 2.24) is 5.32 Å². The zero-order valence-corrected chi connectivity index (χ0v) is 7.00. The van der Waals surface area contributed by atoms with Gasteiger partial charge in [0.05, 0.1) is 0 Å². The fourth-order valence-corrected chi connectivity index (χ4v) is 1.01. The molecule has 3 nitrogen and oxygen atoms in total. The first-order chi connectivity index (χ1) is 6.15. The highest BCUT2D eigenvalue weighted by Gasteiger charge is 2.07. The molecule has 1 N–H and O–H groups in total. The normalized spacial score (nSPS) is 9.38. The maximum Gasteiger partial charge on any atom is 0.257 e. The lowest BCUT2D eigenvalue weighted by Crippen LogP contribution is -2.22. The molecular weight excluding hydrogens is 173 g/mol. The van der Waals surface area contributed by atoms with Crippen LogP contribution in [0.5, 0.6) is 0 Å². The molecule has 1 rings (SSSR count). The van der Waals surface area contributed by atoms with Crippen LogP contribution in [0.25, 0.3) is 0 Å². The number of rotatable bonds is 2. The van der Waals surface area contributed by atoms with E-state index in [4.69, 9.17) is 0 Å². The number of carbonyl (C=O) groups is 2. The topological polar surface area (TPSA) is 46.2 Å². The van der Waals surface area contributed by atoms with E-state index in [1.165, 1.54) is 18.2 Å². The van der Waals surface area contributed by atoms with Crippen molar-refractivity contribution in [1.29, 1.82) is 0 Å². The predicted molar refractivity (Wildman–Crippen MR) is 44.7 cm³/mol. The molecule has 1 aromatic rings. The minimum atomic E-state index is -0.521. The smallest absolute Gasteiger partial charge is 0.257 e. The SMILES string of the molecule is Cc1cc(F)ccc1C(=O)NC=O. The van der Waals surface area contributed by atoms with Gasteiger partial charge in [-0.1, -0.05) is 0 Å². The summed E-state index contributed by atoms with van der Waals surface area (Å²) >= 11 is 0. The summed E-state index contributed by atoms with van der Waals surface area (Å²) in [5, 5.41) is 1.98. The Hall–Kier alpha value is -1.71. The van der Waals surface area contributed by atoms with Crippen molar-refractivity contribution in [3.05, 3.63) is 35.1 Å². The summed E-state index contributed by atoms with van der Waals surface area (Å²) in [6.45, 7) is 1.60. The van der Waals surface area contributed by atoms with Crippen molar-refractivity contribution in [3.8, 4) is 0 Å². The van der Waals surface area contributed by atoms with Crippen LogP contribution in [0.1, 0.15) is 15.9 Å². The zero-order valence-electron chi connectivity index (χ0n) is 7.00. The van der Waals surface area contributed by atoms with E-state index in [2.05, 4.69) is 0 Å². The Labute approximate surface area is 74.6 Å². The summed E-state index contributed by atoms with van der Waals surface area (Å²) < 4.78 is 12.6. The Morgan fingerprint density at radius 3 is 2.77 bits per heavy atom. The van der Waals surface area contributed by atoms with Crippen LogP contribution in [0, 0.1) is 12.7 Å². The van der Waals surface area contributed by atoms with Crippen molar-refractivity contribution in [2.24, 2.45) is 0 Å². The number of carbonyl (C=O) groups excluding carboxylic acids is 2. The van der Waals surface area contributed by atoms with Gasteiger partial charge in [-0.15, -0.1) is 0 Å². The number of hydrogen-bond acceptors (Lipinski definition) is 2. The van der Waals surface area contributed by atoms with E-state index in [-0.39, 0.29) is 0 Å². The van der Waals surface area contributed by atoms with Crippen LogP contribution in [-0.2, 0) is 4.79 Å². The third-order valence-corrected chi connectivity index (χ3v) is 1.62. The molecule has 0 aliphatic heterocycles. The standard InChI is InChI=1S/C9H8FNO2/c1-6-4-7(10)2-3-8(6)9(13)11-5-12/h2-5H,1H3,(H,11,12,13). The minimum absolute atomic E-state index is 0.297. The van der Waals surface area contributed by atoms with Crippen LogP contribution in [0.15, 0.2) is 18.2 Å². The summed E-state index contributed by atoms with van der Waals surface area (Å²) in [5.41, 5.74) is 0.799. The van der Waals surface area contributed by atoms with Gasteiger partial charge < -0.3 is 0 Å². The second-order valence-electron chi connectivity index (χ2n) is 2.55. The molecule has 0 spiro atoms. The van der Waals surface area contributed by atoms with Gasteiger partial charge in [0.25, 0.3) is 5.91 Å². The third kappa shape index (κ3) is 2.11. The quantitative estimate of drug-likeness (QED) is 0.692. The van der Waals surface area contributed by atoms with Gasteiger partial charge in [0, 0.05) is 5.56 Å². The molecular formula is C9H8FNO2. The summed E-state index contributed by atoms with van der Waals surface area (Å²) in [6, 6.07) is 3.75. The molecule has 0 aliphatic rings. The van der Waals surface area contributed by atoms with Crippen LogP contribution in [0.2, 0.25) is 0 Å². The van der Waals surface area contributed by atoms with E-state index < -0.39 is 11.7 Å². The van der Waals surface area contributed by atoms with Gasteiger partial charge in [0.15, 0.2) is 0 Å². The van der Waals surface area contributed by atoms with Gasteiger partial charge >= 0.3 is 0 Å². The second kappa shape index (κ2) is 3.80. The summed E-state index contributed by atoms with van der Waals surface area (Å²) in [5.74, 6) is -0.923. The molecule has 0 heterocycles. The van der Waals surface area contributed by atoms with E-state index in [0.29, 0.717) is 17.5 Å². The van der Waals surface area contributed by atoms with Crippen molar-refractivity contribution in [3.63, 3.8) is 0 Å². The Bertz CT molecular complexity index is 349. The summed E-state index contributed by atoms with van der Waals surface area (Å²) in [7, 11) is 0. The Kier molecular flexibility index (Phi) is 2.74. The molecule has 0 radical (unpaired) electrons. The average Bonchev–Trinajstić information content (AvgIpc) is 2.04. The highest BCUT2D eigenvalue weighted by Crippen LogP contribution is 2.09. The van der Waals surface area contributed by atoms with Crippen LogP contribution in [0.4, 0.5) is 4.39 Å². The zero-order chi connectivity index (χ0) is 9.84. The molecule has 0 saturated heterocycles. The van der Waals surface area contributed by atoms with Gasteiger partial charge in [-0.05, 0) is 30.7 Å². The molecule has 0 atom stereocenters. The third-order valence-electron chi connectivity index (χ3n) is 1.62. The summed E-state index contributed by atoms with van der Waals surface area (Å²) in [6.07, 6.45) is 0.297. The molecule has 0 unspecified atom stereocenters. The second-order valence-corrected chi connectivity index (χ2v) is 2.55. The molecule has 4 heteroatoms. The number of aryl methyl sites for hydroxylation is 1. The Morgan fingerprint density at radius 1 is 1.54 bits per heavy atom. The van der Waals surface area contributed by atoms with Gasteiger partial charge in [-0.3, -0.25) is 14.9 Å². The molecule has 2 amide bonds. The van der Waals surface area contributed by atoms with E-state index in [9.17, 15) is 14.0 Å². The van der Waals surface area contributed by atoms with Crippen LogP contribution < -0.4 is 5.32 Å². The lowest BCUT2D eigenvalue weighted by atomic mass is 10.1. The van der Waals surface area contributed by atoms with Gasteiger partial charge in [-0.25, -0.2) is 4.39 Å². The molecule has 0 bridgehead atoms. The van der Waals surface area contributed by atoms with E-state index in [1.54, 1.807) is 6.92 Å². The number of amides is 2. The minimum Gasteiger partial charge on any atom is -0.295 e. The fourth-order valence-electron chi connectivity index (χ4n) is 1.01. The van der Waals surface area contributed by atoms with Crippen LogP contribution in [-0.4, -0.2) is 12.3 Å². The van der Waals surface area contributed by atoms with Crippen LogP contribution in [0.3, 0.4) is 0 Å². The Morgan fingerprint density at radius 2 is 2.23 bits per heavy atom. The van der Waals surface area contributed by atoms with E-state index in [0.717, 1.165) is 0 Å². The highest BCUT2D eigenvalue weighted by atomic mass is 19.1. The highest BCUT2D eigenvalue weighted by molar-refractivity contribution is 6.00. The molecule has 0 fully saturated rings. The number of hydrogen-bond donors (Lipinski definition) is 1. The first-order valence-corrected chi connectivity index (χ1v) is 3.66. The molecule has 13 heavy (non-hydrogen) atoms. The molecule has 0 aliphatic carbocycles. The largest absolute Gasteiger partial charge is 0.295 e. The van der Waals surface area contributed by atoms with E-state index in [1.807, 2.05) is 5.32 Å². The monoisotopic (exact) mass is 181 g/mol. The lowest BCUT2D eigenvalue weighted by Gasteiger charge is -2.02. The number of benzene rings is 1. The van der Waals surface area contributed by atoms with E-state index >= 15 is 0 Å². The van der Waals surface area contributed by atoms with Crippen molar-refractivity contribution < 1.29 is 14.0 Å². The van der Waals surface area contributed by atoms with Crippen molar-refractivity contribution in [2.75, 3.05) is 0 Å². The van der Waals surface area contributed by atoms with Crippen molar-refractivity contribution >= 4 is 12.3 Å². The summed E-state index contributed by atoms with van der Waals surface area (Å²) in [4.78, 5) is 21.1. The molecule has 0 aromatic heterocycles. The molecule has 0 saturated carbocycles. The maximum absolute atomic E-state index is 12.6. The lowest BCUT2D eigenvalue weighted by molar-refractivity contribution is -0.108. The van der Waals surface area contributed by atoms with Crippen molar-refractivity contribution in [2.45, 2.75) is 6.92 Å². The Balaban J connectivity index is 3.01. The van der Waals surface area contributed by atoms with Gasteiger partial charge in [0.1, 0.15) is 5.82 Å². The maximum atomic E-state index is 12.6.